The van der Waals surface area contributed by atoms with Crippen LogP contribution >= 0.6 is 0 Å². The van der Waals surface area contributed by atoms with Crippen LogP contribution in [0.25, 0.3) is 0 Å². The number of nitrogens with one attached hydrogen (secondary N) is 1. The van der Waals surface area contributed by atoms with Crippen molar-refractivity contribution >= 4 is 17.6 Å². The monoisotopic (exact) mass is 498 g/mol. The van der Waals surface area contributed by atoms with Crippen LogP contribution < -0.4 is 5.32 Å². The zero-order valence-electron chi connectivity index (χ0n) is 22.2. The highest BCUT2D eigenvalue weighted by Gasteiger charge is 2.63. The number of hydrogen-bond donors (Lipinski definition) is 3. The molecule has 0 aliphatic heterocycles. The Morgan fingerprint density at radius 2 is 1.92 bits per heavy atom. The number of amides is 1. The summed E-state index contributed by atoms with van der Waals surface area (Å²) in [5.41, 5.74) is 1.20. The lowest BCUT2D eigenvalue weighted by molar-refractivity contribution is -0.143. The SMILES string of the molecule is C#C[C@@]1(O)CC[C@H]2[C@@H]3CCC4=C/C(=N\OCC(=O)N[C@H](CC(C)C)C(=O)O)CC[C@]4(C)[C@H]3CC[C@@]21C. The first-order valence-corrected chi connectivity index (χ1v) is 13.6. The molecule has 4 aliphatic rings. The number of aliphatic hydroxyl groups is 1. The molecule has 3 fully saturated rings. The van der Waals surface area contributed by atoms with Gasteiger partial charge in [0.2, 0.25) is 0 Å². The van der Waals surface area contributed by atoms with Crippen molar-refractivity contribution in [2.75, 3.05) is 6.61 Å². The highest BCUT2D eigenvalue weighted by Crippen LogP contribution is 2.67. The third-order valence-corrected chi connectivity index (χ3v) is 10.1. The van der Waals surface area contributed by atoms with Crippen molar-refractivity contribution in [3.8, 4) is 12.3 Å². The Morgan fingerprint density at radius 1 is 1.19 bits per heavy atom. The van der Waals surface area contributed by atoms with Crippen molar-refractivity contribution in [2.24, 2.45) is 39.7 Å². The van der Waals surface area contributed by atoms with Crippen molar-refractivity contribution in [2.45, 2.75) is 97.1 Å². The Hall–Kier alpha value is -2.33. The van der Waals surface area contributed by atoms with E-state index < -0.39 is 23.5 Å². The van der Waals surface area contributed by atoms with Gasteiger partial charge in [0, 0.05) is 5.41 Å². The van der Waals surface area contributed by atoms with Gasteiger partial charge in [-0.1, -0.05) is 44.3 Å². The van der Waals surface area contributed by atoms with Crippen molar-refractivity contribution in [1.29, 1.82) is 0 Å². The number of carboxylic acid groups (broad SMARTS) is 1. The highest BCUT2D eigenvalue weighted by molar-refractivity contribution is 5.96. The molecule has 4 aliphatic carbocycles. The topological polar surface area (TPSA) is 108 Å². The lowest BCUT2D eigenvalue weighted by atomic mass is 9.46. The normalized spacial score (nSPS) is 39.3. The molecule has 0 radical (unpaired) electrons. The second kappa shape index (κ2) is 9.85. The molecular formula is C29H42N2O5. The second-order valence-electron chi connectivity index (χ2n) is 12.4. The van der Waals surface area contributed by atoms with E-state index in [1.54, 1.807) is 0 Å². The molecule has 7 nitrogen and oxygen atoms in total. The fourth-order valence-electron chi connectivity index (χ4n) is 8.00. The third-order valence-electron chi connectivity index (χ3n) is 10.1. The summed E-state index contributed by atoms with van der Waals surface area (Å²) in [6.45, 7) is 8.15. The predicted octanol–water partition coefficient (Wildman–Crippen LogP) is 4.30. The number of nitrogens with zero attached hydrogens (tertiary/aromatic N) is 1. The number of carbonyl (C=O) groups is 2. The molecule has 7 heteroatoms. The molecule has 0 aromatic rings. The van der Waals surface area contributed by atoms with Crippen molar-refractivity contribution in [1.82, 2.24) is 5.32 Å². The number of fused-ring (bicyclic) bond motifs is 5. The number of oxime groups is 1. The Balaban J connectivity index is 1.39. The molecule has 0 aromatic carbocycles. The van der Waals surface area contributed by atoms with Crippen molar-refractivity contribution in [3.05, 3.63) is 11.6 Å². The maximum atomic E-state index is 12.2. The molecule has 7 atom stereocenters. The number of carbonyl (C=O) groups excluding carboxylic acids is 1. The summed E-state index contributed by atoms with van der Waals surface area (Å²) in [4.78, 5) is 28.9. The number of hydrogen-bond acceptors (Lipinski definition) is 5. The molecule has 0 spiro atoms. The minimum Gasteiger partial charge on any atom is -0.480 e. The molecule has 0 saturated heterocycles. The van der Waals surface area contributed by atoms with E-state index in [0.29, 0.717) is 30.6 Å². The van der Waals surface area contributed by atoms with Crippen LogP contribution in [0.3, 0.4) is 0 Å². The quantitative estimate of drug-likeness (QED) is 0.358. The predicted molar refractivity (Wildman–Crippen MR) is 138 cm³/mol. The minimum atomic E-state index is -1.04. The van der Waals surface area contributed by atoms with Gasteiger partial charge in [-0.05, 0) is 93.0 Å². The van der Waals surface area contributed by atoms with Crippen LogP contribution in [0.1, 0.15) is 85.5 Å². The molecule has 198 valence electrons. The van der Waals surface area contributed by atoms with E-state index >= 15 is 0 Å². The van der Waals surface area contributed by atoms with Crippen LogP contribution in [-0.2, 0) is 14.4 Å². The molecule has 0 bridgehead atoms. The zero-order chi connectivity index (χ0) is 26.3. The number of carboxylic acids is 1. The van der Waals surface area contributed by atoms with Crippen molar-refractivity contribution < 1.29 is 24.6 Å². The summed E-state index contributed by atoms with van der Waals surface area (Å²) in [6.07, 6.45) is 16.0. The van der Waals surface area contributed by atoms with Crippen LogP contribution in [0.4, 0.5) is 0 Å². The van der Waals surface area contributed by atoms with E-state index in [4.69, 9.17) is 11.3 Å². The van der Waals surface area contributed by atoms with Gasteiger partial charge in [-0.3, -0.25) is 4.79 Å². The van der Waals surface area contributed by atoms with Crippen LogP contribution in [0.2, 0.25) is 0 Å². The van der Waals surface area contributed by atoms with E-state index in [9.17, 15) is 19.8 Å². The van der Waals surface area contributed by atoms with Crippen LogP contribution in [0.5, 0.6) is 0 Å². The molecule has 0 heterocycles. The lowest BCUT2D eigenvalue weighted by Gasteiger charge is -2.58. The van der Waals surface area contributed by atoms with Gasteiger partial charge in [0.1, 0.15) is 11.6 Å². The Kier molecular flexibility index (Phi) is 7.31. The Bertz CT molecular complexity index is 996. The largest absolute Gasteiger partial charge is 0.480 e. The van der Waals surface area contributed by atoms with Gasteiger partial charge in [0.25, 0.3) is 5.91 Å². The highest BCUT2D eigenvalue weighted by atomic mass is 16.6. The first-order valence-electron chi connectivity index (χ1n) is 13.6. The maximum absolute atomic E-state index is 12.2. The van der Waals surface area contributed by atoms with Gasteiger partial charge in [-0.15, -0.1) is 6.42 Å². The number of allylic oxidation sites excluding steroid dienone is 2. The smallest absolute Gasteiger partial charge is 0.326 e. The zero-order valence-corrected chi connectivity index (χ0v) is 22.2. The number of aliphatic carboxylic acids is 1. The second-order valence-corrected chi connectivity index (χ2v) is 12.4. The van der Waals surface area contributed by atoms with Gasteiger partial charge in [-0.25, -0.2) is 4.79 Å². The molecule has 0 unspecified atom stereocenters. The first-order chi connectivity index (χ1) is 16.9. The van der Waals surface area contributed by atoms with Gasteiger partial charge < -0.3 is 20.4 Å². The van der Waals surface area contributed by atoms with E-state index in [1.807, 2.05) is 13.8 Å². The number of terminal acetylenes is 1. The van der Waals surface area contributed by atoms with E-state index in [2.05, 4.69) is 36.3 Å². The van der Waals surface area contributed by atoms with Gasteiger partial charge in [0.05, 0.1) is 5.71 Å². The molecule has 36 heavy (non-hydrogen) atoms. The Morgan fingerprint density at radius 3 is 2.58 bits per heavy atom. The van der Waals surface area contributed by atoms with Crippen molar-refractivity contribution in [3.63, 3.8) is 0 Å². The summed E-state index contributed by atoms with van der Waals surface area (Å²) >= 11 is 0. The standard InChI is InChI=1S/C29H42N2O5/c1-6-29(35)14-11-23-21-8-7-19-16-20(9-12-27(19,4)22(21)10-13-28(23,29)5)31-36-17-25(32)30-24(26(33)34)15-18(2)3/h1,16,18,21-24,35H,7-15,17H2,2-5H3,(H,30,32)(H,33,34)/b31-20-/t21-,22+,23+,24-,27+,28+,29-/m1/s1. The fourth-order valence-corrected chi connectivity index (χ4v) is 8.00. The average Bonchev–Trinajstić information content (AvgIpc) is 3.09. The van der Waals surface area contributed by atoms with E-state index in [1.165, 1.54) is 5.57 Å². The average molecular weight is 499 g/mol. The van der Waals surface area contributed by atoms with E-state index in [0.717, 1.165) is 50.7 Å². The summed E-state index contributed by atoms with van der Waals surface area (Å²) in [6, 6.07) is -0.921. The molecule has 4 rings (SSSR count). The van der Waals surface area contributed by atoms with Crippen LogP contribution in [0.15, 0.2) is 16.8 Å². The van der Waals surface area contributed by atoms with Crippen LogP contribution in [0, 0.1) is 46.8 Å². The van der Waals surface area contributed by atoms with Gasteiger partial charge >= 0.3 is 5.97 Å². The molecule has 0 aromatic heterocycles. The summed E-state index contributed by atoms with van der Waals surface area (Å²) in [7, 11) is 0. The van der Waals surface area contributed by atoms with Gasteiger partial charge in [-0.2, -0.15) is 0 Å². The van der Waals surface area contributed by atoms with E-state index in [-0.39, 0.29) is 23.4 Å². The Labute approximate surface area is 215 Å². The summed E-state index contributed by atoms with van der Waals surface area (Å²) in [5.74, 6) is 3.03. The first kappa shape index (κ1) is 26.7. The fraction of sp³-hybridized carbons (Fsp3) is 0.759. The summed E-state index contributed by atoms with van der Waals surface area (Å²) in [5, 5.41) is 27.2. The molecule has 1 amide bonds. The van der Waals surface area contributed by atoms with Gasteiger partial charge in [0.15, 0.2) is 6.61 Å². The maximum Gasteiger partial charge on any atom is 0.326 e. The molecule has 3 saturated carbocycles. The summed E-state index contributed by atoms with van der Waals surface area (Å²) < 4.78 is 0. The number of rotatable bonds is 7. The third kappa shape index (κ3) is 4.58. The molecule has 3 N–H and O–H groups in total. The van der Waals surface area contributed by atoms with Crippen LogP contribution in [-0.4, -0.2) is 46.1 Å². The lowest BCUT2D eigenvalue weighted by Crippen LogP contribution is -2.54. The molecular weight excluding hydrogens is 456 g/mol. The minimum absolute atomic E-state index is 0.114.